The van der Waals surface area contributed by atoms with Crippen molar-refractivity contribution in [1.82, 2.24) is 0 Å². The molecule has 4 nitrogen and oxygen atoms in total. The quantitative estimate of drug-likeness (QED) is 0.0837. The predicted molar refractivity (Wildman–Crippen MR) is 135 cm³/mol. The van der Waals surface area contributed by atoms with Gasteiger partial charge < -0.3 is 9.47 Å². The molecule has 0 aromatic heterocycles. The Kier molecular flexibility index (Phi) is 24.9. The molecule has 0 unspecified atom stereocenters. The van der Waals surface area contributed by atoms with E-state index in [1.54, 1.807) is 0 Å². The van der Waals surface area contributed by atoms with Crippen molar-refractivity contribution in [2.75, 3.05) is 13.2 Å². The van der Waals surface area contributed by atoms with E-state index in [9.17, 15) is 9.59 Å². The fourth-order valence-electron chi connectivity index (χ4n) is 3.76. The molecule has 0 saturated heterocycles. The van der Waals surface area contributed by atoms with Gasteiger partial charge in [0, 0.05) is 12.8 Å². The van der Waals surface area contributed by atoms with Gasteiger partial charge in [0.05, 0.1) is 6.61 Å². The molecule has 0 aliphatic heterocycles. The highest BCUT2D eigenvalue weighted by molar-refractivity contribution is 5.69. The largest absolute Gasteiger partial charge is 0.466 e. The number of carbonyl (C=O) groups excluding carboxylic acids is 2. The number of carbonyl (C=O) groups is 2. The summed E-state index contributed by atoms with van der Waals surface area (Å²) in [4.78, 5) is 23.2. The zero-order valence-corrected chi connectivity index (χ0v) is 21.3. The third-order valence-electron chi connectivity index (χ3n) is 5.85. The highest BCUT2D eigenvalue weighted by Crippen LogP contribution is 2.12. The fourth-order valence-corrected chi connectivity index (χ4v) is 3.76. The van der Waals surface area contributed by atoms with Crippen LogP contribution in [0.3, 0.4) is 0 Å². The third kappa shape index (κ3) is 24.9. The molecule has 0 N–H and O–H groups in total. The van der Waals surface area contributed by atoms with Crippen LogP contribution < -0.4 is 0 Å². The molecular formula is C28H52O4. The second-order valence-electron chi connectivity index (χ2n) is 8.98. The Labute approximate surface area is 198 Å². The number of esters is 2. The van der Waals surface area contributed by atoms with E-state index in [2.05, 4.69) is 6.92 Å². The van der Waals surface area contributed by atoms with Gasteiger partial charge in [0.25, 0.3) is 0 Å². The number of unbranched alkanes of at least 4 members (excludes halogenated alkanes) is 16. The van der Waals surface area contributed by atoms with E-state index in [4.69, 9.17) is 9.47 Å². The molecule has 0 heterocycles. The summed E-state index contributed by atoms with van der Waals surface area (Å²) in [6.45, 7) is 5.14. The minimum Gasteiger partial charge on any atom is -0.466 e. The average molecular weight is 453 g/mol. The molecule has 0 spiro atoms. The molecular weight excluding hydrogens is 400 g/mol. The minimum atomic E-state index is -0.112. The molecule has 0 aliphatic carbocycles. The van der Waals surface area contributed by atoms with Crippen LogP contribution in [0.5, 0.6) is 0 Å². The van der Waals surface area contributed by atoms with Crippen LogP contribution in [-0.4, -0.2) is 25.2 Å². The zero-order chi connectivity index (χ0) is 23.5. The second-order valence-corrected chi connectivity index (χ2v) is 8.98. The first-order valence-electron chi connectivity index (χ1n) is 13.6. The number of rotatable bonds is 24. The number of hydrogen-bond donors (Lipinski definition) is 0. The van der Waals surface area contributed by atoms with Crippen LogP contribution in [0.15, 0.2) is 12.2 Å². The highest BCUT2D eigenvalue weighted by atomic mass is 16.5. The molecule has 32 heavy (non-hydrogen) atoms. The van der Waals surface area contributed by atoms with E-state index >= 15 is 0 Å². The Balaban J connectivity index is 3.23. The summed E-state index contributed by atoms with van der Waals surface area (Å²) in [7, 11) is 0. The molecule has 0 saturated carbocycles. The lowest BCUT2D eigenvalue weighted by atomic mass is 10.1. The van der Waals surface area contributed by atoms with E-state index in [1.807, 2.05) is 19.1 Å². The Morgan fingerprint density at radius 3 is 1.44 bits per heavy atom. The summed E-state index contributed by atoms with van der Waals surface area (Å²) >= 11 is 0. The zero-order valence-electron chi connectivity index (χ0n) is 21.3. The van der Waals surface area contributed by atoms with Crippen LogP contribution in [0, 0.1) is 0 Å². The molecule has 0 bridgehead atoms. The first kappa shape index (κ1) is 30.7. The van der Waals surface area contributed by atoms with Crippen molar-refractivity contribution < 1.29 is 19.1 Å². The van der Waals surface area contributed by atoms with Gasteiger partial charge in [-0.05, 0) is 26.2 Å². The molecule has 4 heteroatoms. The van der Waals surface area contributed by atoms with E-state index in [0.29, 0.717) is 26.1 Å². The molecule has 0 atom stereocenters. The van der Waals surface area contributed by atoms with Crippen molar-refractivity contribution in [3.05, 3.63) is 12.2 Å². The molecule has 0 fully saturated rings. The van der Waals surface area contributed by atoms with Crippen LogP contribution in [-0.2, 0) is 19.1 Å². The lowest BCUT2D eigenvalue weighted by molar-refractivity contribution is -0.144. The summed E-state index contributed by atoms with van der Waals surface area (Å²) < 4.78 is 10.4. The van der Waals surface area contributed by atoms with E-state index in [1.165, 1.54) is 70.6 Å². The molecule has 0 aromatic carbocycles. The topological polar surface area (TPSA) is 52.6 Å². The number of allylic oxidation sites excluding steroid dienone is 1. The Hall–Kier alpha value is -1.32. The third-order valence-corrected chi connectivity index (χ3v) is 5.85. The van der Waals surface area contributed by atoms with Gasteiger partial charge in [-0.2, -0.15) is 0 Å². The molecule has 188 valence electrons. The van der Waals surface area contributed by atoms with Gasteiger partial charge in [-0.15, -0.1) is 0 Å². The lowest BCUT2D eigenvalue weighted by Gasteiger charge is -2.06. The lowest BCUT2D eigenvalue weighted by Crippen LogP contribution is -2.05. The van der Waals surface area contributed by atoms with Gasteiger partial charge in [-0.3, -0.25) is 9.59 Å². The van der Waals surface area contributed by atoms with Gasteiger partial charge in [0.15, 0.2) is 0 Å². The number of hydrogen-bond acceptors (Lipinski definition) is 4. The average Bonchev–Trinajstić information content (AvgIpc) is 2.79. The normalized spacial score (nSPS) is 11.2. The molecule has 0 radical (unpaired) electrons. The maximum atomic E-state index is 11.8. The summed E-state index contributed by atoms with van der Waals surface area (Å²) in [6, 6.07) is 0. The van der Waals surface area contributed by atoms with Crippen molar-refractivity contribution in [1.29, 1.82) is 0 Å². The summed E-state index contributed by atoms with van der Waals surface area (Å²) in [5, 5.41) is 0. The smallest absolute Gasteiger partial charge is 0.306 e. The van der Waals surface area contributed by atoms with Crippen molar-refractivity contribution in [2.24, 2.45) is 0 Å². The van der Waals surface area contributed by atoms with Gasteiger partial charge >= 0.3 is 11.9 Å². The Morgan fingerprint density at radius 2 is 0.969 bits per heavy atom. The number of ether oxygens (including phenoxy) is 2. The van der Waals surface area contributed by atoms with Crippen LogP contribution >= 0.6 is 0 Å². The maximum absolute atomic E-state index is 11.8. The van der Waals surface area contributed by atoms with Gasteiger partial charge in [-0.25, -0.2) is 0 Å². The van der Waals surface area contributed by atoms with Gasteiger partial charge in [0.1, 0.15) is 6.61 Å². The Bertz CT molecular complexity index is 445. The molecule has 0 aliphatic rings. The SMILES string of the molecule is C/C=C/COC(=O)CCCCCCCCC(=O)OCCCCCCCCCCCCCC. The van der Waals surface area contributed by atoms with Crippen LogP contribution in [0.4, 0.5) is 0 Å². The summed E-state index contributed by atoms with van der Waals surface area (Å²) in [6.07, 6.45) is 26.7. The predicted octanol–water partition coefficient (Wildman–Crippen LogP) is 8.47. The highest BCUT2D eigenvalue weighted by Gasteiger charge is 2.04. The monoisotopic (exact) mass is 452 g/mol. The van der Waals surface area contributed by atoms with Crippen molar-refractivity contribution in [3.8, 4) is 0 Å². The van der Waals surface area contributed by atoms with E-state index in [-0.39, 0.29) is 11.9 Å². The second kappa shape index (κ2) is 25.9. The van der Waals surface area contributed by atoms with Crippen LogP contribution in [0.1, 0.15) is 142 Å². The first-order chi connectivity index (χ1) is 15.7. The maximum Gasteiger partial charge on any atom is 0.306 e. The van der Waals surface area contributed by atoms with Gasteiger partial charge in [-0.1, -0.05) is 115 Å². The van der Waals surface area contributed by atoms with Gasteiger partial charge in [0.2, 0.25) is 0 Å². The summed E-state index contributed by atoms with van der Waals surface area (Å²) in [5.74, 6) is -0.157. The molecule has 0 aromatic rings. The minimum absolute atomic E-state index is 0.0445. The Morgan fingerprint density at radius 1 is 0.562 bits per heavy atom. The molecule has 0 amide bonds. The van der Waals surface area contributed by atoms with Crippen LogP contribution in [0.2, 0.25) is 0 Å². The fraction of sp³-hybridized carbons (Fsp3) is 0.857. The van der Waals surface area contributed by atoms with Crippen molar-refractivity contribution in [3.63, 3.8) is 0 Å². The van der Waals surface area contributed by atoms with Crippen LogP contribution in [0.25, 0.3) is 0 Å². The van der Waals surface area contributed by atoms with E-state index < -0.39 is 0 Å². The summed E-state index contributed by atoms with van der Waals surface area (Å²) in [5.41, 5.74) is 0. The first-order valence-corrected chi connectivity index (χ1v) is 13.6. The van der Waals surface area contributed by atoms with Crippen molar-refractivity contribution >= 4 is 11.9 Å². The van der Waals surface area contributed by atoms with Crippen molar-refractivity contribution in [2.45, 2.75) is 142 Å². The standard InChI is InChI=1S/C28H52O4/c1-3-5-7-8-9-10-11-12-13-16-19-22-26-32-28(30)24-21-18-15-14-17-20-23-27(29)31-25-6-4-2/h4,6H,3,5,7-26H2,1-2H3/b6-4+. The molecule has 0 rings (SSSR count). The van der Waals surface area contributed by atoms with E-state index in [0.717, 1.165) is 44.9 Å².